The molecule has 2 heterocycles. The van der Waals surface area contributed by atoms with Crippen LogP contribution in [-0.2, 0) is 4.79 Å². The lowest BCUT2D eigenvalue weighted by Gasteiger charge is -2.21. The largest absolute Gasteiger partial charge is 0.273 e. The summed E-state index contributed by atoms with van der Waals surface area (Å²) in [6.07, 6.45) is 1.06. The highest BCUT2D eigenvalue weighted by Gasteiger charge is 2.32. The highest BCUT2D eigenvalue weighted by molar-refractivity contribution is 7.12. The van der Waals surface area contributed by atoms with Gasteiger partial charge in [-0.3, -0.25) is 4.79 Å². The van der Waals surface area contributed by atoms with Gasteiger partial charge in [0.1, 0.15) is 5.82 Å². The molecule has 114 valence electrons. The number of hydrogen-bond acceptors (Lipinski definition) is 3. The summed E-state index contributed by atoms with van der Waals surface area (Å²) >= 11 is 1.64. The molecular formula is C17H17FN2OS. The minimum absolute atomic E-state index is 0.0161. The van der Waals surface area contributed by atoms with Gasteiger partial charge < -0.3 is 0 Å². The SMILES string of the molecule is CCC(=O)N1N=C(c2cc(C)cs2)CC1c1ccc(F)cc1. The van der Waals surface area contributed by atoms with Crippen LogP contribution in [0.15, 0.2) is 40.8 Å². The lowest BCUT2D eigenvalue weighted by molar-refractivity contribution is -0.132. The van der Waals surface area contributed by atoms with Gasteiger partial charge in [0.25, 0.3) is 0 Å². The molecule has 2 aromatic rings. The Morgan fingerprint density at radius 3 is 2.73 bits per heavy atom. The zero-order valence-electron chi connectivity index (χ0n) is 12.5. The fourth-order valence-electron chi connectivity index (χ4n) is 2.58. The molecule has 0 aliphatic carbocycles. The molecule has 1 atom stereocenters. The van der Waals surface area contributed by atoms with Crippen LogP contribution in [0.3, 0.4) is 0 Å². The number of amides is 1. The molecule has 1 aromatic carbocycles. The molecule has 1 aliphatic heterocycles. The van der Waals surface area contributed by atoms with Crippen molar-refractivity contribution in [1.29, 1.82) is 0 Å². The number of nitrogens with zero attached hydrogens (tertiary/aromatic N) is 2. The van der Waals surface area contributed by atoms with Crippen molar-refractivity contribution in [2.75, 3.05) is 0 Å². The van der Waals surface area contributed by atoms with Crippen LogP contribution in [0.1, 0.15) is 41.8 Å². The van der Waals surface area contributed by atoms with Crippen LogP contribution in [0.25, 0.3) is 0 Å². The molecule has 0 fully saturated rings. The van der Waals surface area contributed by atoms with Crippen molar-refractivity contribution < 1.29 is 9.18 Å². The molecule has 1 aliphatic rings. The summed E-state index contributed by atoms with van der Waals surface area (Å²) in [6, 6.07) is 8.26. The van der Waals surface area contributed by atoms with Crippen molar-refractivity contribution in [2.24, 2.45) is 5.10 Å². The van der Waals surface area contributed by atoms with Crippen LogP contribution in [0.4, 0.5) is 4.39 Å². The van der Waals surface area contributed by atoms with Gasteiger partial charge in [-0.05, 0) is 41.6 Å². The van der Waals surface area contributed by atoms with E-state index in [0.29, 0.717) is 12.8 Å². The Bertz CT molecular complexity index is 721. The Hall–Kier alpha value is -2.01. The van der Waals surface area contributed by atoms with Crippen molar-refractivity contribution in [2.45, 2.75) is 32.7 Å². The number of carbonyl (C=O) groups is 1. The standard InChI is InChI=1S/C17H17FN2OS/c1-3-17(21)20-15(12-4-6-13(18)7-5-12)9-14(19-20)16-8-11(2)10-22-16/h4-8,10,15H,3,9H2,1-2H3. The Kier molecular flexibility index (Phi) is 4.07. The van der Waals surface area contributed by atoms with E-state index in [1.807, 2.05) is 13.8 Å². The molecule has 0 N–H and O–H groups in total. The Balaban J connectivity index is 1.93. The van der Waals surface area contributed by atoms with Gasteiger partial charge in [-0.15, -0.1) is 11.3 Å². The summed E-state index contributed by atoms with van der Waals surface area (Å²) in [7, 11) is 0. The van der Waals surface area contributed by atoms with Gasteiger partial charge in [-0.1, -0.05) is 19.1 Å². The normalized spacial score (nSPS) is 17.7. The highest BCUT2D eigenvalue weighted by Crippen LogP contribution is 2.34. The van der Waals surface area contributed by atoms with Crippen LogP contribution in [0.5, 0.6) is 0 Å². The fourth-order valence-corrected chi connectivity index (χ4v) is 3.47. The van der Waals surface area contributed by atoms with Crippen molar-refractivity contribution in [3.05, 3.63) is 57.5 Å². The number of thiophene rings is 1. The summed E-state index contributed by atoms with van der Waals surface area (Å²) in [5.41, 5.74) is 3.03. The van der Waals surface area contributed by atoms with Crippen LogP contribution >= 0.6 is 11.3 Å². The molecule has 1 unspecified atom stereocenters. The van der Waals surface area contributed by atoms with Gasteiger partial charge in [-0.25, -0.2) is 9.40 Å². The smallest absolute Gasteiger partial charge is 0.242 e. The molecule has 0 saturated heterocycles. The van der Waals surface area contributed by atoms with Crippen LogP contribution in [-0.4, -0.2) is 16.6 Å². The van der Waals surface area contributed by atoms with Gasteiger partial charge in [0.05, 0.1) is 16.6 Å². The first-order chi connectivity index (χ1) is 10.6. The first-order valence-corrected chi connectivity index (χ1v) is 8.17. The zero-order valence-corrected chi connectivity index (χ0v) is 13.4. The second-order valence-electron chi connectivity index (χ2n) is 5.40. The third-order valence-corrected chi connectivity index (χ3v) is 4.84. The molecule has 3 nitrogen and oxygen atoms in total. The number of hydrogen-bond donors (Lipinski definition) is 0. The van der Waals surface area contributed by atoms with Crippen molar-refractivity contribution >= 4 is 23.0 Å². The maximum Gasteiger partial charge on any atom is 0.242 e. The molecule has 1 aromatic heterocycles. The Morgan fingerprint density at radius 2 is 2.14 bits per heavy atom. The topological polar surface area (TPSA) is 32.7 Å². The van der Waals surface area contributed by atoms with Crippen LogP contribution in [0.2, 0.25) is 0 Å². The van der Waals surface area contributed by atoms with Crippen molar-refractivity contribution in [1.82, 2.24) is 5.01 Å². The fraction of sp³-hybridized carbons (Fsp3) is 0.294. The summed E-state index contributed by atoms with van der Waals surface area (Å²) < 4.78 is 13.1. The quantitative estimate of drug-likeness (QED) is 0.831. The first kappa shape index (κ1) is 14.9. The first-order valence-electron chi connectivity index (χ1n) is 7.29. The molecule has 0 spiro atoms. The van der Waals surface area contributed by atoms with Crippen LogP contribution in [0, 0.1) is 12.7 Å². The lowest BCUT2D eigenvalue weighted by Crippen LogP contribution is -2.26. The lowest BCUT2D eigenvalue weighted by atomic mass is 10.0. The third kappa shape index (κ3) is 2.81. The van der Waals surface area contributed by atoms with E-state index in [-0.39, 0.29) is 17.8 Å². The molecule has 5 heteroatoms. The van der Waals surface area contributed by atoms with E-state index in [4.69, 9.17) is 0 Å². The molecule has 1 amide bonds. The van der Waals surface area contributed by atoms with E-state index in [9.17, 15) is 9.18 Å². The average molecular weight is 316 g/mol. The van der Waals surface area contributed by atoms with Gasteiger partial charge in [0.15, 0.2) is 0 Å². The average Bonchev–Trinajstić information content (AvgIpc) is 3.13. The molecule has 0 bridgehead atoms. The predicted octanol–water partition coefficient (Wildman–Crippen LogP) is 4.28. The molecule has 3 rings (SSSR count). The molecule has 0 radical (unpaired) electrons. The second-order valence-corrected chi connectivity index (χ2v) is 6.31. The predicted molar refractivity (Wildman–Crippen MR) is 86.5 cm³/mol. The molecule has 22 heavy (non-hydrogen) atoms. The number of halogens is 1. The number of rotatable bonds is 3. The number of benzene rings is 1. The van der Waals surface area contributed by atoms with Gasteiger partial charge in [-0.2, -0.15) is 5.10 Å². The van der Waals surface area contributed by atoms with E-state index in [2.05, 4.69) is 16.5 Å². The van der Waals surface area contributed by atoms with Gasteiger partial charge >= 0.3 is 0 Å². The maximum absolute atomic E-state index is 13.1. The Labute approximate surface area is 133 Å². The summed E-state index contributed by atoms with van der Waals surface area (Å²) in [6.45, 7) is 3.87. The van der Waals surface area contributed by atoms with E-state index in [1.165, 1.54) is 17.7 Å². The minimum atomic E-state index is -0.273. The summed E-state index contributed by atoms with van der Waals surface area (Å²) in [5.74, 6) is -0.289. The second kappa shape index (κ2) is 6.01. The van der Waals surface area contributed by atoms with Gasteiger partial charge in [0, 0.05) is 12.8 Å². The van der Waals surface area contributed by atoms with Crippen molar-refractivity contribution in [3.8, 4) is 0 Å². The monoisotopic (exact) mass is 316 g/mol. The van der Waals surface area contributed by atoms with Crippen molar-refractivity contribution in [3.63, 3.8) is 0 Å². The molecule has 0 saturated carbocycles. The Morgan fingerprint density at radius 1 is 1.41 bits per heavy atom. The molecular weight excluding hydrogens is 299 g/mol. The highest BCUT2D eigenvalue weighted by atomic mass is 32.1. The van der Waals surface area contributed by atoms with E-state index in [1.54, 1.807) is 28.5 Å². The van der Waals surface area contributed by atoms with E-state index in [0.717, 1.165) is 16.2 Å². The van der Waals surface area contributed by atoms with Crippen LogP contribution < -0.4 is 0 Å². The van der Waals surface area contributed by atoms with E-state index < -0.39 is 0 Å². The maximum atomic E-state index is 13.1. The number of aryl methyl sites for hydroxylation is 1. The third-order valence-electron chi connectivity index (χ3n) is 3.74. The van der Waals surface area contributed by atoms with E-state index >= 15 is 0 Å². The number of carbonyl (C=O) groups excluding carboxylic acids is 1. The summed E-state index contributed by atoms with van der Waals surface area (Å²) in [5, 5.41) is 8.17. The van der Waals surface area contributed by atoms with Gasteiger partial charge in [0.2, 0.25) is 5.91 Å². The zero-order chi connectivity index (χ0) is 15.7. The minimum Gasteiger partial charge on any atom is -0.273 e. The summed E-state index contributed by atoms with van der Waals surface area (Å²) in [4.78, 5) is 13.3. The number of hydrazone groups is 1.